The summed E-state index contributed by atoms with van der Waals surface area (Å²) in [4.78, 5) is 18.5. The molecule has 1 N–H and O–H groups in total. The predicted octanol–water partition coefficient (Wildman–Crippen LogP) is 2.25. The van der Waals surface area contributed by atoms with E-state index < -0.39 is 0 Å². The van der Waals surface area contributed by atoms with E-state index in [0.29, 0.717) is 22.4 Å². The van der Waals surface area contributed by atoms with Crippen molar-refractivity contribution in [1.29, 1.82) is 0 Å². The number of fused-ring (bicyclic) bond motifs is 1. The summed E-state index contributed by atoms with van der Waals surface area (Å²) in [5, 5.41) is 0.524. The number of aromatic amines is 1. The summed E-state index contributed by atoms with van der Waals surface area (Å²) in [6.45, 7) is 0. The fourth-order valence-corrected chi connectivity index (χ4v) is 2.51. The van der Waals surface area contributed by atoms with E-state index in [9.17, 15) is 4.79 Å². The summed E-state index contributed by atoms with van der Waals surface area (Å²) in [5.41, 5.74) is 0.447. The zero-order valence-electron chi connectivity index (χ0n) is 10.8. The smallest absolute Gasteiger partial charge is 0.258 e. The molecule has 19 heavy (non-hydrogen) atoms. The third kappa shape index (κ3) is 2.28. The minimum absolute atomic E-state index is 0.163. The van der Waals surface area contributed by atoms with Gasteiger partial charge < -0.3 is 14.5 Å². The number of methoxy groups -OCH3 is 1. The van der Waals surface area contributed by atoms with E-state index in [4.69, 9.17) is 9.47 Å². The molecule has 0 amide bonds. The Morgan fingerprint density at radius 2 is 2.05 bits per heavy atom. The van der Waals surface area contributed by atoms with Gasteiger partial charge in [0.1, 0.15) is 0 Å². The number of nitrogens with one attached hydrogen (secondary N) is 1. The van der Waals surface area contributed by atoms with Crippen LogP contribution in [0.25, 0.3) is 10.9 Å². The first-order valence-electron chi connectivity index (χ1n) is 6.50. The van der Waals surface area contributed by atoms with E-state index in [-0.39, 0.29) is 11.7 Å². The SMILES string of the molecule is COc1cc2nc[nH]c(=O)c2cc1OC1CCCC1. The second-order valence-corrected chi connectivity index (χ2v) is 4.78. The first-order chi connectivity index (χ1) is 9.28. The maximum atomic E-state index is 11.8. The highest BCUT2D eigenvalue weighted by molar-refractivity contribution is 5.81. The molecule has 1 aliphatic rings. The van der Waals surface area contributed by atoms with E-state index in [1.807, 2.05) is 0 Å². The molecule has 5 nitrogen and oxygen atoms in total. The quantitative estimate of drug-likeness (QED) is 0.919. The third-order valence-electron chi connectivity index (χ3n) is 3.52. The van der Waals surface area contributed by atoms with Gasteiger partial charge >= 0.3 is 0 Å². The normalized spacial score (nSPS) is 15.8. The van der Waals surface area contributed by atoms with E-state index in [0.717, 1.165) is 12.8 Å². The van der Waals surface area contributed by atoms with Crippen LogP contribution in [0.2, 0.25) is 0 Å². The van der Waals surface area contributed by atoms with Crippen molar-refractivity contribution in [1.82, 2.24) is 9.97 Å². The molecule has 5 heteroatoms. The Morgan fingerprint density at radius 1 is 1.26 bits per heavy atom. The van der Waals surface area contributed by atoms with Gasteiger partial charge in [-0.15, -0.1) is 0 Å². The lowest BCUT2D eigenvalue weighted by Crippen LogP contribution is -2.13. The molecule has 1 aromatic carbocycles. The molecule has 1 aliphatic carbocycles. The van der Waals surface area contributed by atoms with Crippen molar-refractivity contribution in [3.05, 3.63) is 28.8 Å². The maximum absolute atomic E-state index is 11.8. The minimum Gasteiger partial charge on any atom is -0.493 e. The number of benzene rings is 1. The van der Waals surface area contributed by atoms with Crippen LogP contribution >= 0.6 is 0 Å². The molecule has 1 saturated carbocycles. The Hall–Kier alpha value is -2.04. The van der Waals surface area contributed by atoms with Crippen LogP contribution in [-0.4, -0.2) is 23.2 Å². The Labute approximate surface area is 110 Å². The number of ether oxygens (including phenoxy) is 2. The Bertz CT molecular complexity index is 645. The van der Waals surface area contributed by atoms with Gasteiger partial charge in [0.25, 0.3) is 5.56 Å². The van der Waals surface area contributed by atoms with Gasteiger partial charge in [-0.1, -0.05) is 0 Å². The van der Waals surface area contributed by atoms with Crippen LogP contribution < -0.4 is 15.0 Å². The number of aromatic nitrogens is 2. The highest BCUT2D eigenvalue weighted by atomic mass is 16.5. The van der Waals surface area contributed by atoms with Crippen molar-refractivity contribution in [2.45, 2.75) is 31.8 Å². The van der Waals surface area contributed by atoms with Gasteiger partial charge in [-0.25, -0.2) is 4.98 Å². The molecule has 0 saturated heterocycles. The number of nitrogens with zero attached hydrogens (tertiary/aromatic N) is 1. The number of H-pyrrole nitrogens is 1. The fraction of sp³-hybridized carbons (Fsp3) is 0.429. The summed E-state index contributed by atoms with van der Waals surface area (Å²) in [5.74, 6) is 1.25. The zero-order chi connectivity index (χ0) is 13.2. The fourth-order valence-electron chi connectivity index (χ4n) is 2.51. The van der Waals surface area contributed by atoms with Gasteiger partial charge in [-0.3, -0.25) is 4.79 Å². The summed E-state index contributed by atoms with van der Waals surface area (Å²) in [6, 6.07) is 3.47. The summed E-state index contributed by atoms with van der Waals surface area (Å²) >= 11 is 0. The topological polar surface area (TPSA) is 64.2 Å². The van der Waals surface area contributed by atoms with Gasteiger partial charge in [-0.2, -0.15) is 0 Å². The first-order valence-corrected chi connectivity index (χ1v) is 6.50. The molecule has 1 heterocycles. The van der Waals surface area contributed by atoms with Crippen molar-refractivity contribution in [2.24, 2.45) is 0 Å². The van der Waals surface area contributed by atoms with Crippen molar-refractivity contribution >= 4 is 10.9 Å². The predicted molar refractivity (Wildman–Crippen MR) is 71.8 cm³/mol. The van der Waals surface area contributed by atoms with Crippen LogP contribution in [0.15, 0.2) is 23.3 Å². The lowest BCUT2D eigenvalue weighted by Gasteiger charge is -2.16. The summed E-state index contributed by atoms with van der Waals surface area (Å²) in [7, 11) is 1.59. The van der Waals surface area contributed by atoms with Gasteiger partial charge in [0.2, 0.25) is 0 Å². The van der Waals surface area contributed by atoms with Gasteiger partial charge in [-0.05, 0) is 31.7 Å². The van der Waals surface area contributed by atoms with Gasteiger partial charge in [0.05, 0.1) is 30.4 Å². The molecule has 1 aromatic heterocycles. The number of hydrogen-bond donors (Lipinski definition) is 1. The molecule has 1 fully saturated rings. The molecule has 2 aromatic rings. The highest BCUT2D eigenvalue weighted by Crippen LogP contribution is 2.33. The number of hydrogen-bond acceptors (Lipinski definition) is 4. The van der Waals surface area contributed by atoms with Gasteiger partial charge in [0.15, 0.2) is 11.5 Å². The average Bonchev–Trinajstić information content (AvgIpc) is 2.92. The summed E-state index contributed by atoms with van der Waals surface area (Å²) in [6.07, 6.45) is 6.13. The van der Waals surface area contributed by atoms with Crippen molar-refractivity contribution in [3.63, 3.8) is 0 Å². The second-order valence-electron chi connectivity index (χ2n) is 4.78. The molecule has 0 aliphatic heterocycles. The Balaban J connectivity index is 2.05. The largest absolute Gasteiger partial charge is 0.493 e. The van der Waals surface area contributed by atoms with E-state index >= 15 is 0 Å². The van der Waals surface area contributed by atoms with Crippen molar-refractivity contribution in [3.8, 4) is 11.5 Å². The Morgan fingerprint density at radius 3 is 2.79 bits per heavy atom. The molecule has 0 atom stereocenters. The molecule has 3 rings (SSSR count). The molecule has 0 spiro atoms. The molecular formula is C14H16N2O3. The lowest BCUT2D eigenvalue weighted by molar-refractivity contribution is 0.201. The molecule has 0 bridgehead atoms. The molecule has 0 unspecified atom stereocenters. The van der Waals surface area contributed by atoms with E-state index in [2.05, 4.69) is 9.97 Å². The van der Waals surface area contributed by atoms with Crippen molar-refractivity contribution in [2.75, 3.05) is 7.11 Å². The third-order valence-corrected chi connectivity index (χ3v) is 3.52. The van der Waals surface area contributed by atoms with Crippen LogP contribution in [0.3, 0.4) is 0 Å². The summed E-state index contributed by atoms with van der Waals surface area (Å²) < 4.78 is 11.3. The minimum atomic E-state index is -0.163. The van der Waals surface area contributed by atoms with E-state index in [1.165, 1.54) is 19.2 Å². The lowest BCUT2D eigenvalue weighted by atomic mass is 10.2. The molecule has 0 radical (unpaired) electrons. The monoisotopic (exact) mass is 260 g/mol. The van der Waals surface area contributed by atoms with Crippen LogP contribution in [0.1, 0.15) is 25.7 Å². The van der Waals surface area contributed by atoms with Crippen LogP contribution in [-0.2, 0) is 0 Å². The Kier molecular flexibility index (Phi) is 3.11. The van der Waals surface area contributed by atoms with Crippen LogP contribution in [0, 0.1) is 0 Å². The highest BCUT2D eigenvalue weighted by Gasteiger charge is 2.19. The average molecular weight is 260 g/mol. The van der Waals surface area contributed by atoms with Gasteiger partial charge in [0, 0.05) is 6.07 Å². The van der Waals surface area contributed by atoms with Crippen LogP contribution in [0.4, 0.5) is 0 Å². The molecular weight excluding hydrogens is 244 g/mol. The standard InChI is InChI=1S/C14H16N2O3/c1-18-12-7-11-10(14(17)16-8-15-11)6-13(12)19-9-4-2-3-5-9/h6-9H,2-5H2,1H3,(H,15,16,17). The van der Waals surface area contributed by atoms with Crippen molar-refractivity contribution < 1.29 is 9.47 Å². The first kappa shape index (κ1) is 12.0. The maximum Gasteiger partial charge on any atom is 0.258 e. The van der Waals surface area contributed by atoms with Crippen LogP contribution in [0.5, 0.6) is 11.5 Å². The molecule has 100 valence electrons. The zero-order valence-corrected chi connectivity index (χ0v) is 10.8. The van der Waals surface area contributed by atoms with E-state index in [1.54, 1.807) is 19.2 Å². The second kappa shape index (κ2) is 4.91. The number of rotatable bonds is 3.